The van der Waals surface area contributed by atoms with Crippen molar-refractivity contribution < 1.29 is 9.59 Å². The summed E-state index contributed by atoms with van der Waals surface area (Å²) in [5.74, 6) is 0.0607. The minimum atomic E-state index is -0.176. The van der Waals surface area contributed by atoms with Gasteiger partial charge < -0.3 is 15.5 Å². The zero-order valence-corrected chi connectivity index (χ0v) is 14.9. The number of piperidine rings is 1. The van der Waals surface area contributed by atoms with Crippen LogP contribution in [0.15, 0.2) is 48.8 Å². The van der Waals surface area contributed by atoms with Gasteiger partial charge in [-0.2, -0.15) is 0 Å². The van der Waals surface area contributed by atoms with Crippen molar-refractivity contribution in [3.8, 4) is 0 Å². The average Bonchev–Trinajstić information content (AvgIpc) is 2.68. The van der Waals surface area contributed by atoms with Crippen LogP contribution in [-0.2, 0) is 6.54 Å². The predicted octanol–water partition coefficient (Wildman–Crippen LogP) is 2.49. The van der Waals surface area contributed by atoms with Crippen molar-refractivity contribution in [2.45, 2.75) is 32.4 Å². The second-order valence-corrected chi connectivity index (χ2v) is 6.61. The largest absolute Gasteiger partial charge is 0.338 e. The Labute approximate surface area is 153 Å². The Morgan fingerprint density at radius 1 is 1.08 bits per heavy atom. The maximum Gasteiger partial charge on any atom is 0.315 e. The zero-order chi connectivity index (χ0) is 18.4. The molecule has 0 spiro atoms. The fourth-order valence-electron chi connectivity index (χ4n) is 3.03. The molecule has 0 atom stereocenters. The lowest BCUT2D eigenvalue weighted by Crippen LogP contribution is -2.49. The minimum absolute atomic E-state index is 0.0607. The molecular formula is C20H24N4O2. The van der Waals surface area contributed by atoms with Crippen LogP contribution in [-0.4, -0.2) is 41.0 Å². The number of likely N-dealkylation sites (tertiary alicyclic amines) is 1. The van der Waals surface area contributed by atoms with Crippen molar-refractivity contribution >= 4 is 11.9 Å². The fraction of sp³-hybridized carbons (Fsp3) is 0.350. The van der Waals surface area contributed by atoms with Gasteiger partial charge in [0.05, 0.1) is 0 Å². The molecule has 2 aromatic rings. The first kappa shape index (κ1) is 17.9. The van der Waals surface area contributed by atoms with E-state index in [4.69, 9.17) is 0 Å². The summed E-state index contributed by atoms with van der Waals surface area (Å²) in [5, 5.41) is 5.85. The Kier molecular flexibility index (Phi) is 5.84. The van der Waals surface area contributed by atoms with Crippen LogP contribution in [0.1, 0.15) is 34.3 Å². The number of nitrogens with zero attached hydrogens (tertiary/aromatic N) is 2. The topological polar surface area (TPSA) is 74.3 Å². The highest BCUT2D eigenvalue weighted by atomic mass is 16.2. The quantitative estimate of drug-likeness (QED) is 0.888. The first-order valence-corrected chi connectivity index (χ1v) is 8.91. The number of rotatable bonds is 4. The van der Waals surface area contributed by atoms with Crippen molar-refractivity contribution in [3.05, 3.63) is 65.5 Å². The molecule has 1 aliphatic heterocycles. The van der Waals surface area contributed by atoms with Crippen LogP contribution >= 0.6 is 0 Å². The van der Waals surface area contributed by atoms with Gasteiger partial charge in [-0.3, -0.25) is 9.78 Å². The molecule has 2 heterocycles. The van der Waals surface area contributed by atoms with E-state index in [9.17, 15) is 9.59 Å². The second kappa shape index (κ2) is 8.47. The Balaban J connectivity index is 1.42. The number of benzene rings is 1. The van der Waals surface area contributed by atoms with E-state index in [-0.39, 0.29) is 18.0 Å². The molecule has 6 heteroatoms. The molecule has 1 saturated heterocycles. The summed E-state index contributed by atoms with van der Waals surface area (Å²) < 4.78 is 0. The van der Waals surface area contributed by atoms with E-state index in [1.807, 2.05) is 48.2 Å². The molecule has 2 N–H and O–H groups in total. The summed E-state index contributed by atoms with van der Waals surface area (Å²) in [5.41, 5.74) is 2.87. The van der Waals surface area contributed by atoms with Gasteiger partial charge in [0.1, 0.15) is 0 Å². The first-order valence-electron chi connectivity index (χ1n) is 8.91. The van der Waals surface area contributed by atoms with Crippen molar-refractivity contribution in [2.24, 2.45) is 0 Å². The lowest BCUT2D eigenvalue weighted by molar-refractivity contribution is 0.0708. The normalized spacial score (nSPS) is 14.7. The van der Waals surface area contributed by atoms with Crippen molar-refractivity contribution in [2.75, 3.05) is 13.1 Å². The summed E-state index contributed by atoms with van der Waals surface area (Å²) in [7, 11) is 0. The first-order chi connectivity index (χ1) is 12.6. The number of carbonyl (C=O) groups excluding carboxylic acids is 2. The summed E-state index contributed by atoms with van der Waals surface area (Å²) in [4.78, 5) is 30.4. The number of hydrogen-bond acceptors (Lipinski definition) is 3. The number of aryl methyl sites for hydroxylation is 1. The second-order valence-electron chi connectivity index (χ2n) is 6.61. The number of hydrogen-bond donors (Lipinski definition) is 2. The smallest absolute Gasteiger partial charge is 0.315 e. The molecule has 1 aliphatic rings. The molecule has 26 heavy (non-hydrogen) atoms. The van der Waals surface area contributed by atoms with Gasteiger partial charge in [-0.1, -0.05) is 17.7 Å². The number of nitrogens with one attached hydrogen (secondary N) is 2. The lowest BCUT2D eigenvalue weighted by Gasteiger charge is -2.32. The standard InChI is InChI=1S/C20H24N4O2/c1-15-2-4-17(5-3-15)19(25)24-12-8-18(9-13-24)23-20(26)22-14-16-6-10-21-11-7-16/h2-7,10-11,18H,8-9,12-14H2,1H3,(H2,22,23,26). The number of carbonyl (C=O) groups is 2. The minimum Gasteiger partial charge on any atom is -0.338 e. The molecule has 1 aromatic carbocycles. The zero-order valence-electron chi connectivity index (χ0n) is 14.9. The molecule has 136 valence electrons. The lowest BCUT2D eigenvalue weighted by atomic mass is 10.0. The van der Waals surface area contributed by atoms with Gasteiger partial charge in [0.15, 0.2) is 0 Å². The van der Waals surface area contributed by atoms with Crippen molar-refractivity contribution in [1.29, 1.82) is 0 Å². The van der Waals surface area contributed by atoms with E-state index in [0.29, 0.717) is 19.6 Å². The number of aromatic nitrogens is 1. The highest BCUT2D eigenvalue weighted by Gasteiger charge is 2.24. The molecule has 6 nitrogen and oxygen atoms in total. The van der Waals surface area contributed by atoms with Gasteiger partial charge in [0.25, 0.3) is 5.91 Å². The highest BCUT2D eigenvalue weighted by Crippen LogP contribution is 2.14. The van der Waals surface area contributed by atoms with Crippen molar-refractivity contribution in [1.82, 2.24) is 20.5 Å². The van der Waals surface area contributed by atoms with Crippen LogP contribution in [0.2, 0.25) is 0 Å². The Hall–Kier alpha value is -2.89. The van der Waals surface area contributed by atoms with Crippen LogP contribution in [0.25, 0.3) is 0 Å². The van der Waals surface area contributed by atoms with E-state index in [1.165, 1.54) is 0 Å². The van der Waals surface area contributed by atoms with Crippen LogP contribution < -0.4 is 10.6 Å². The monoisotopic (exact) mass is 352 g/mol. The molecule has 0 unspecified atom stereocenters. The molecule has 0 bridgehead atoms. The Bertz CT molecular complexity index is 738. The van der Waals surface area contributed by atoms with Crippen LogP contribution in [0.3, 0.4) is 0 Å². The average molecular weight is 352 g/mol. The SMILES string of the molecule is Cc1ccc(C(=O)N2CCC(NC(=O)NCc3ccncc3)CC2)cc1. The third kappa shape index (κ3) is 4.81. The van der Waals surface area contributed by atoms with E-state index in [1.54, 1.807) is 12.4 Å². The summed E-state index contributed by atoms with van der Waals surface area (Å²) in [6.45, 7) is 3.79. The Morgan fingerprint density at radius 3 is 2.38 bits per heavy atom. The number of urea groups is 1. The van der Waals surface area contributed by atoms with Crippen LogP contribution in [0.4, 0.5) is 4.79 Å². The number of amides is 3. The highest BCUT2D eigenvalue weighted by molar-refractivity contribution is 5.94. The molecule has 0 radical (unpaired) electrons. The third-order valence-corrected chi connectivity index (χ3v) is 4.62. The molecule has 3 rings (SSSR count). The summed E-state index contributed by atoms with van der Waals surface area (Å²) >= 11 is 0. The van der Waals surface area contributed by atoms with Gasteiger partial charge >= 0.3 is 6.03 Å². The molecule has 0 aliphatic carbocycles. The summed E-state index contributed by atoms with van der Waals surface area (Å²) in [6, 6.07) is 11.3. The van der Waals surface area contributed by atoms with Gasteiger partial charge in [0.2, 0.25) is 0 Å². The predicted molar refractivity (Wildman–Crippen MR) is 99.7 cm³/mol. The van der Waals surface area contributed by atoms with E-state index in [2.05, 4.69) is 15.6 Å². The molecule has 1 fully saturated rings. The van der Waals surface area contributed by atoms with Gasteiger partial charge in [-0.05, 0) is 49.6 Å². The third-order valence-electron chi connectivity index (χ3n) is 4.62. The van der Waals surface area contributed by atoms with E-state index < -0.39 is 0 Å². The van der Waals surface area contributed by atoms with Gasteiger partial charge in [-0.15, -0.1) is 0 Å². The maximum atomic E-state index is 12.5. The summed E-state index contributed by atoms with van der Waals surface area (Å²) in [6.07, 6.45) is 4.94. The fourth-order valence-corrected chi connectivity index (χ4v) is 3.03. The van der Waals surface area contributed by atoms with E-state index >= 15 is 0 Å². The molecule has 3 amide bonds. The Morgan fingerprint density at radius 2 is 1.73 bits per heavy atom. The number of pyridine rings is 1. The molecule has 0 saturated carbocycles. The molecular weight excluding hydrogens is 328 g/mol. The van der Waals surface area contributed by atoms with Crippen LogP contribution in [0, 0.1) is 6.92 Å². The van der Waals surface area contributed by atoms with Gasteiger partial charge in [-0.25, -0.2) is 4.79 Å². The van der Waals surface area contributed by atoms with Crippen molar-refractivity contribution in [3.63, 3.8) is 0 Å². The van der Waals surface area contributed by atoms with Gasteiger partial charge in [0, 0.05) is 43.6 Å². The maximum absolute atomic E-state index is 12.5. The molecule has 1 aromatic heterocycles. The van der Waals surface area contributed by atoms with Crippen LogP contribution in [0.5, 0.6) is 0 Å². The van der Waals surface area contributed by atoms with E-state index in [0.717, 1.165) is 29.5 Å².